The first-order valence-corrected chi connectivity index (χ1v) is 0. The summed E-state index contributed by atoms with van der Waals surface area (Å²) in [7, 11) is 0. The van der Waals surface area contributed by atoms with Gasteiger partial charge in [0.2, 0.25) is 0 Å². The quantitative estimate of drug-likeness (QED) is 0.310. The molecule has 0 fully saturated rings. The Morgan fingerprint density at radius 2 is 0.222 bits per heavy atom. The van der Waals surface area contributed by atoms with E-state index in [2.05, 4.69) is 0 Å². The maximum Gasteiger partial charge on any atom is 0 e. The normalized spacial score (nSPS) is 0. The minimum atomic E-state index is 0. The molecule has 80 valence electrons. The zero-order valence-corrected chi connectivity index (χ0v) is 22.8. The molecule has 0 spiro atoms. The molecule has 9 heavy (non-hydrogen) atoms. The van der Waals surface area contributed by atoms with Gasteiger partial charge in [-0.2, -0.15) is 0 Å². The van der Waals surface area contributed by atoms with Crippen LogP contribution in [0.25, 0.3) is 0 Å². The molecule has 0 aliphatic rings. The van der Waals surface area contributed by atoms with E-state index in [1.54, 1.807) is 0 Å². The molecule has 0 nitrogen and oxygen atoms in total. The van der Waals surface area contributed by atoms with Crippen LogP contribution in [0.2, 0.25) is 0 Å². The van der Waals surface area contributed by atoms with E-state index in [1.807, 2.05) is 0 Å². The first-order valence-electron chi connectivity index (χ1n) is 0. The Hall–Kier alpha value is 5.19. The summed E-state index contributed by atoms with van der Waals surface area (Å²) in [5, 5.41) is 0. The average molecular weight is 1550 g/mol. The Balaban J connectivity index is 0. The fourth-order valence-corrected chi connectivity index (χ4v) is 0. The van der Waals surface area contributed by atoms with Crippen molar-refractivity contribution < 1.29 is 161 Å². The van der Waals surface area contributed by atoms with Gasteiger partial charge in [-0.1, -0.05) is 0 Å². The Morgan fingerprint density at radius 3 is 0.222 bits per heavy atom. The van der Waals surface area contributed by atoms with Gasteiger partial charge in [-0.25, -0.2) is 0 Å². The van der Waals surface area contributed by atoms with Gasteiger partial charge in [0.25, 0.3) is 0 Å². The van der Waals surface area contributed by atoms with Crippen LogP contribution < -0.4 is 0 Å². The molecule has 0 atom stereocenters. The van der Waals surface area contributed by atoms with Crippen molar-refractivity contribution in [1.82, 2.24) is 0 Å². The SMILES string of the molecule is [CH3-].[Ir].[Ir].[Ir].[Ir].[Ir].[Ir].[Ir].[Ir]. The van der Waals surface area contributed by atoms with Crippen molar-refractivity contribution >= 4 is 0 Å². The second kappa shape index (κ2) is 72.7. The fraction of sp³-hybridized carbons (Fsp3) is 0. The van der Waals surface area contributed by atoms with Gasteiger partial charge < -0.3 is 7.43 Å². The van der Waals surface area contributed by atoms with Crippen LogP contribution in [0.5, 0.6) is 0 Å². The first-order chi connectivity index (χ1) is 0. The van der Waals surface area contributed by atoms with Gasteiger partial charge in [0, 0.05) is 161 Å². The maximum atomic E-state index is 0. The van der Waals surface area contributed by atoms with E-state index in [0.29, 0.717) is 0 Å². The molecule has 0 bridgehead atoms. The van der Waals surface area contributed by atoms with Crippen LogP contribution in [0.1, 0.15) is 0 Å². The molecule has 0 aromatic heterocycles. The van der Waals surface area contributed by atoms with E-state index >= 15 is 0 Å². The maximum absolute atomic E-state index is 0. The molecular formula is CH3Ir8-. The fourth-order valence-electron chi connectivity index (χ4n) is 0. The topological polar surface area (TPSA) is 0 Å². The van der Waals surface area contributed by atoms with Crippen LogP contribution in [-0.2, 0) is 161 Å². The van der Waals surface area contributed by atoms with E-state index < -0.39 is 0 Å². The molecule has 0 saturated heterocycles. The van der Waals surface area contributed by atoms with Crippen molar-refractivity contribution in [2.24, 2.45) is 0 Å². The van der Waals surface area contributed by atoms with Gasteiger partial charge >= 0.3 is 0 Å². The minimum absolute atomic E-state index is 0. The van der Waals surface area contributed by atoms with Crippen molar-refractivity contribution in [1.29, 1.82) is 0 Å². The molecule has 8 radical (unpaired) electrons. The van der Waals surface area contributed by atoms with Crippen molar-refractivity contribution in [3.8, 4) is 0 Å². The van der Waals surface area contributed by atoms with Gasteiger partial charge in [-0.15, -0.1) is 0 Å². The summed E-state index contributed by atoms with van der Waals surface area (Å²) in [5.41, 5.74) is 0. The molecule has 0 unspecified atom stereocenters. The Labute approximate surface area is 165 Å². The summed E-state index contributed by atoms with van der Waals surface area (Å²) in [6.07, 6.45) is 0. The molecule has 0 saturated carbocycles. The van der Waals surface area contributed by atoms with Crippen LogP contribution in [0.3, 0.4) is 0 Å². The van der Waals surface area contributed by atoms with E-state index in [-0.39, 0.29) is 168 Å². The van der Waals surface area contributed by atoms with Crippen LogP contribution in [0.4, 0.5) is 0 Å². The summed E-state index contributed by atoms with van der Waals surface area (Å²) in [4.78, 5) is 0. The van der Waals surface area contributed by atoms with Gasteiger partial charge in [-0.3, -0.25) is 0 Å². The second-order valence-corrected chi connectivity index (χ2v) is 0. The average Bonchev–Trinajstić information content (AvgIpc) is 0. The van der Waals surface area contributed by atoms with Crippen molar-refractivity contribution in [3.05, 3.63) is 7.43 Å². The third-order valence-electron chi connectivity index (χ3n) is 0. The molecule has 0 aromatic carbocycles. The van der Waals surface area contributed by atoms with Crippen LogP contribution in [0.15, 0.2) is 0 Å². The minimum Gasteiger partial charge on any atom is -0.358 e. The van der Waals surface area contributed by atoms with Gasteiger partial charge in [0.15, 0.2) is 0 Å². The zero-order chi connectivity index (χ0) is 0. The molecule has 0 heterocycles. The number of rotatable bonds is 0. The van der Waals surface area contributed by atoms with E-state index in [0.717, 1.165) is 0 Å². The van der Waals surface area contributed by atoms with E-state index in [9.17, 15) is 0 Å². The molecule has 0 aliphatic heterocycles. The number of hydrogen-bond acceptors (Lipinski definition) is 0. The monoisotopic (exact) mass is 1560 g/mol. The summed E-state index contributed by atoms with van der Waals surface area (Å²) in [6, 6.07) is 0. The van der Waals surface area contributed by atoms with Gasteiger partial charge in [0.1, 0.15) is 0 Å². The third-order valence-corrected chi connectivity index (χ3v) is 0. The second-order valence-electron chi connectivity index (χ2n) is 0. The largest absolute Gasteiger partial charge is 0.358 e. The Morgan fingerprint density at radius 1 is 0.222 bits per heavy atom. The van der Waals surface area contributed by atoms with E-state index in [4.69, 9.17) is 0 Å². The molecule has 8 heteroatoms. The summed E-state index contributed by atoms with van der Waals surface area (Å²) >= 11 is 0. The third kappa shape index (κ3) is 61.3. The number of hydrogen-bond donors (Lipinski definition) is 0. The van der Waals surface area contributed by atoms with Crippen LogP contribution >= 0.6 is 0 Å². The van der Waals surface area contributed by atoms with Crippen LogP contribution in [-0.4, -0.2) is 0 Å². The first kappa shape index (κ1) is 91.6. The molecule has 0 rings (SSSR count). The molecular weight excluding hydrogens is 1550 g/mol. The molecule has 0 aromatic rings. The zero-order valence-electron chi connectivity index (χ0n) is 3.67. The molecule has 0 amide bonds. The standard InChI is InChI=1S/CH3.8Ir/h1H3;;;;;;;;/q-1;;;;;;;;. The van der Waals surface area contributed by atoms with Crippen LogP contribution in [0, 0.1) is 7.43 Å². The van der Waals surface area contributed by atoms with Crippen molar-refractivity contribution in [2.45, 2.75) is 0 Å². The van der Waals surface area contributed by atoms with Gasteiger partial charge in [0.05, 0.1) is 0 Å². The Kier molecular flexibility index (Phi) is 740. The van der Waals surface area contributed by atoms with Crippen molar-refractivity contribution in [3.63, 3.8) is 0 Å². The molecule has 0 N–H and O–H groups in total. The summed E-state index contributed by atoms with van der Waals surface area (Å²) in [5.74, 6) is 0. The smallest absolute Gasteiger partial charge is 0 e. The molecule has 0 aliphatic carbocycles. The van der Waals surface area contributed by atoms with Crippen molar-refractivity contribution in [2.75, 3.05) is 0 Å². The summed E-state index contributed by atoms with van der Waals surface area (Å²) < 4.78 is 0. The van der Waals surface area contributed by atoms with E-state index in [1.165, 1.54) is 0 Å². The predicted octanol–water partition coefficient (Wildman–Crippen LogP) is 0.430. The Bertz CT molecular complexity index is 4.53. The predicted molar refractivity (Wildman–Crippen MR) is 6.41 cm³/mol. The van der Waals surface area contributed by atoms with Gasteiger partial charge in [-0.05, 0) is 0 Å². The summed E-state index contributed by atoms with van der Waals surface area (Å²) in [6.45, 7) is 0.